The van der Waals surface area contributed by atoms with Gasteiger partial charge in [-0.05, 0) is 48.7 Å². The van der Waals surface area contributed by atoms with Crippen molar-refractivity contribution in [1.29, 1.82) is 0 Å². The molecule has 1 saturated heterocycles. The van der Waals surface area contributed by atoms with Crippen molar-refractivity contribution in [2.75, 3.05) is 32.7 Å². The molecule has 0 aliphatic carbocycles. The number of benzene rings is 2. The van der Waals surface area contributed by atoms with E-state index in [9.17, 15) is 13.6 Å². The first kappa shape index (κ1) is 21.4. The van der Waals surface area contributed by atoms with Gasteiger partial charge in [0.05, 0.1) is 12.1 Å². The highest BCUT2D eigenvalue weighted by molar-refractivity contribution is 5.81. The second-order valence-corrected chi connectivity index (χ2v) is 7.54. The van der Waals surface area contributed by atoms with E-state index in [1.165, 1.54) is 24.3 Å². The highest BCUT2D eigenvalue weighted by atomic mass is 19.1. The molecule has 1 aliphatic heterocycles. The zero-order chi connectivity index (χ0) is 20.8. The fourth-order valence-corrected chi connectivity index (χ4v) is 3.85. The number of hydrogen-bond donors (Lipinski definition) is 1. The van der Waals surface area contributed by atoms with Crippen molar-refractivity contribution in [3.05, 3.63) is 71.3 Å². The average Bonchev–Trinajstić information content (AvgIpc) is 2.75. The number of amides is 1. The Hall–Kier alpha value is -2.31. The summed E-state index contributed by atoms with van der Waals surface area (Å²) in [7, 11) is 0. The number of halogens is 2. The minimum absolute atomic E-state index is 0.0638. The van der Waals surface area contributed by atoms with Crippen molar-refractivity contribution in [2.24, 2.45) is 0 Å². The molecular weight excluding hydrogens is 372 g/mol. The van der Waals surface area contributed by atoms with Crippen LogP contribution < -0.4 is 5.32 Å². The lowest BCUT2D eigenvalue weighted by atomic mass is 9.96. The summed E-state index contributed by atoms with van der Waals surface area (Å²) in [6.07, 6.45) is 0.920. The summed E-state index contributed by atoms with van der Waals surface area (Å²) in [5.74, 6) is -0.486. The van der Waals surface area contributed by atoms with Crippen LogP contribution in [-0.2, 0) is 4.79 Å². The summed E-state index contributed by atoms with van der Waals surface area (Å²) >= 11 is 0. The molecular formula is C23H29F2N3O. The first-order chi connectivity index (χ1) is 14.0. The van der Waals surface area contributed by atoms with Crippen molar-refractivity contribution in [2.45, 2.75) is 32.4 Å². The Morgan fingerprint density at radius 1 is 0.897 bits per heavy atom. The summed E-state index contributed by atoms with van der Waals surface area (Å²) in [5.41, 5.74) is 1.94. The van der Waals surface area contributed by atoms with E-state index in [1.54, 1.807) is 24.3 Å². The SMILES string of the molecule is CCCNC(=O)C(C)N1CCN(C(c2ccc(F)cc2)c2ccc(F)cc2)CC1. The lowest BCUT2D eigenvalue weighted by Crippen LogP contribution is -2.54. The predicted octanol–water partition coefficient (Wildman–Crippen LogP) is 3.59. The minimum Gasteiger partial charge on any atom is -0.355 e. The zero-order valence-electron chi connectivity index (χ0n) is 17.1. The van der Waals surface area contributed by atoms with Crippen molar-refractivity contribution in [3.8, 4) is 0 Å². The van der Waals surface area contributed by atoms with Gasteiger partial charge in [0, 0.05) is 32.7 Å². The summed E-state index contributed by atoms with van der Waals surface area (Å²) in [6, 6.07) is 12.7. The van der Waals surface area contributed by atoms with Crippen LogP contribution in [0.1, 0.15) is 37.4 Å². The standard InChI is InChI=1S/C23H29F2N3O/c1-3-12-26-23(29)17(2)27-13-15-28(16-14-27)22(18-4-8-20(24)9-5-18)19-6-10-21(25)11-7-19/h4-11,17,22H,3,12-16H2,1-2H3,(H,26,29). The molecule has 2 aromatic rings. The molecule has 2 aromatic carbocycles. The third-order valence-electron chi connectivity index (χ3n) is 5.56. The maximum Gasteiger partial charge on any atom is 0.237 e. The van der Waals surface area contributed by atoms with E-state index in [-0.39, 0.29) is 29.6 Å². The summed E-state index contributed by atoms with van der Waals surface area (Å²) in [5, 5.41) is 2.96. The van der Waals surface area contributed by atoms with Gasteiger partial charge in [-0.1, -0.05) is 31.2 Å². The molecule has 3 rings (SSSR count). The third kappa shape index (κ3) is 5.40. The van der Waals surface area contributed by atoms with Crippen molar-refractivity contribution < 1.29 is 13.6 Å². The van der Waals surface area contributed by atoms with E-state index in [0.29, 0.717) is 6.54 Å². The molecule has 0 radical (unpaired) electrons. The average molecular weight is 402 g/mol. The van der Waals surface area contributed by atoms with E-state index in [1.807, 2.05) is 13.8 Å². The van der Waals surface area contributed by atoms with Crippen LogP contribution in [0, 0.1) is 11.6 Å². The second kappa shape index (κ2) is 9.94. The van der Waals surface area contributed by atoms with Gasteiger partial charge in [-0.15, -0.1) is 0 Å². The van der Waals surface area contributed by atoms with Gasteiger partial charge in [-0.2, -0.15) is 0 Å². The summed E-state index contributed by atoms with van der Waals surface area (Å²) in [6.45, 7) is 7.74. The number of hydrogen-bond acceptors (Lipinski definition) is 3. The third-order valence-corrected chi connectivity index (χ3v) is 5.56. The van der Waals surface area contributed by atoms with Gasteiger partial charge < -0.3 is 5.32 Å². The Kier molecular flexibility index (Phi) is 7.34. The Labute approximate surface area is 171 Å². The number of nitrogens with one attached hydrogen (secondary N) is 1. The molecule has 1 fully saturated rings. The van der Waals surface area contributed by atoms with Gasteiger partial charge in [-0.3, -0.25) is 14.6 Å². The summed E-state index contributed by atoms with van der Waals surface area (Å²) in [4.78, 5) is 16.8. The van der Waals surface area contributed by atoms with E-state index in [0.717, 1.165) is 43.7 Å². The molecule has 0 spiro atoms. The number of nitrogens with zero attached hydrogens (tertiary/aromatic N) is 2. The fraction of sp³-hybridized carbons (Fsp3) is 0.435. The predicted molar refractivity (Wildman–Crippen MR) is 111 cm³/mol. The maximum absolute atomic E-state index is 13.4. The van der Waals surface area contributed by atoms with Crippen molar-refractivity contribution in [1.82, 2.24) is 15.1 Å². The van der Waals surface area contributed by atoms with Crippen LogP contribution in [0.3, 0.4) is 0 Å². The van der Waals surface area contributed by atoms with E-state index < -0.39 is 0 Å². The van der Waals surface area contributed by atoms with Gasteiger partial charge in [0.2, 0.25) is 5.91 Å². The van der Waals surface area contributed by atoms with E-state index in [2.05, 4.69) is 15.1 Å². The van der Waals surface area contributed by atoms with E-state index in [4.69, 9.17) is 0 Å². The Morgan fingerprint density at radius 3 is 1.79 bits per heavy atom. The normalized spacial score (nSPS) is 16.7. The van der Waals surface area contributed by atoms with E-state index >= 15 is 0 Å². The quantitative estimate of drug-likeness (QED) is 0.770. The Bertz CT molecular complexity index is 741. The van der Waals surface area contributed by atoms with Crippen LogP contribution in [0.5, 0.6) is 0 Å². The highest BCUT2D eigenvalue weighted by Crippen LogP contribution is 2.30. The molecule has 6 heteroatoms. The highest BCUT2D eigenvalue weighted by Gasteiger charge is 2.30. The van der Waals surface area contributed by atoms with Gasteiger partial charge in [0.15, 0.2) is 0 Å². The molecule has 1 N–H and O–H groups in total. The maximum atomic E-state index is 13.4. The number of rotatable bonds is 7. The monoisotopic (exact) mass is 401 g/mol. The molecule has 0 aromatic heterocycles. The fourth-order valence-electron chi connectivity index (χ4n) is 3.85. The lowest BCUT2D eigenvalue weighted by molar-refractivity contribution is -0.126. The van der Waals surface area contributed by atoms with Gasteiger partial charge >= 0.3 is 0 Å². The van der Waals surface area contributed by atoms with Crippen LogP contribution in [0.4, 0.5) is 8.78 Å². The Morgan fingerprint density at radius 2 is 1.34 bits per heavy atom. The smallest absolute Gasteiger partial charge is 0.237 e. The van der Waals surface area contributed by atoms with Gasteiger partial charge in [-0.25, -0.2) is 8.78 Å². The minimum atomic E-state index is -0.275. The zero-order valence-corrected chi connectivity index (χ0v) is 17.1. The van der Waals surface area contributed by atoms with Crippen molar-refractivity contribution in [3.63, 3.8) is 0 Å². The van der Waals surface area contributed by atoms with Crippen molar-refractivity contribution >= 4 is 5.91 Å². The van der Waals surface area contributed by atoms with Crippen LogP contribution in [0.15, 0.2) is 48.5 Å². The molecule has 0 saturated carbocycles. The molecule has 4 nitrogen and oxygen atoms in total. The largest absolute Gasteiger partial charge is 0.355 e. The number of piperazine rings is 1. The topological polar surface area (TPSA) is 35.6 Å². The van der Waals surface area contributed by atoms with Crippen LogP contribution in [0.2, 0.25) is 0 Å². The molecule has 0 bridgehead atoms. The molecule has 1 unspecified atom stereocenters. The van der Waals surface area contributed by atoms with Crippen LogP contribution >= 0.6 is 0 Å². The molecule has 1 heterocycles. The molecule has 156 valence electrons. The lowest BCUT2D eigenvalue weighted by Gasteiger charge is -2.41. The Balaban J connectivity index is 1.74. The number of carbonyl (C=O) groups is 1. The first-order valence-electron chi connectivity index (χ1n) is 10.3. The molecule has 29 heavy (non-hydrogen) atoms. The molecule has 1 aliphatic rings. The first-order valence-corrected chi connectivity index (χ1v) is 10.3. The van der Waals surface area contributed by atoms with Gasteiger partial charge in [0.25, 0.3) is 0 Å². The summed E-state index contributed by atoms with van der Waals surface area (Å²) < 4.78 is 26.9. The second-order valence-electron chi connectivity index (χ2n) is 7.54. The molecule has 1 atom stereocenters. The number of carbonyl (C=O) groups excluding carboxylic acids is 1. The van der Waals surface area contributed by atoms with Gasteiger partial charge in [0.1, 0.15) is 11.6 Å². The van der Waals surface area contributed by atoms with Crippen LogP contribution in [0.25, 0.3) is 0 Å². The van der Waals surface area contributed by atoms with Crippen LogP contribution in [-0.4, -0.2) is 54.5 Å². The molecule has 1 amide bonds.